The lowest BCUT2D eigenvalue weighted by atomic mass is 10.1. The van der Waals surface area contributed by atoms with E-state index in [9.17, 15) is 14.7 Å². The predicted molar refractivity (Wildman–Crippen MR) is 121 cm³/mol. The van der Waals surface area contributed by atoms with Crippen molar-refractivity contribution in [3.8, 4) is 0 Å². The van der Waals surface area contributed by atoms with Gasteiger partial charge in [0, 0.05) is 16.9 Å². The Balaban J connectivity index is 2.06. The number of anilines is 1. The maximum atomic E-state index is 12.0. The summed E-state index contributed by atoms with van der Waals surface area (Å²) in [7, 11) is 0. The zero-order chi connectivity index (χ0) is 22.8. The highest BCUT2D eigenvalue weighted by Crippen LogP contribution is 2.19. The van der Waals surface area contributed by atoms with Crippen molar-refractivity contribution in [3.05, 3.63) is 83.7 Å². The first-order valence-corrected chi connectivity index (χ1v) is 10.2. The van der Waals surface area contributed by atoms with E-state index in [0.29, 0.717) is 25.1 Å². The van der Waals surface area contributed by atoms with E-state index in [1.54, 1.807) is 30.4 Å². The van der Waals surface area contributed by atoms with E-state index in [1.807, 2.05) is 30.7 Å². The molecule has 1 aromatic heterocycles. The van der Waals surface area contributed by atoms with Gasteiger partial charge in [0.25, 0.3) is 0 Å². The second-order valence-electron chi connectivity index (χ2n) is 6.89. The summed E-state index contributed by atoms with van der Waals surface area (Å²) in [4.78, 5) is 23.2. The number of benzene rings is 1. The number of allylic oxidation sites excluding steroid dienone is 2. The fourth-order valence-corrected chi connectivity index (χ4v) is 3.25. The molecule has 2 aromatic rings. The van der Waals surface area contributed by atoms with Crippen LogP contribution in [0.2, 0.25) is 0 Å². The lowest BCUT2D eigenvalue weighted by Gasteiger charge is -2.10. The van der Waals surface area contributed by atoms with E-state index >= 15 is 0 Å². The molecule has 0 bridgehead atoms. The highest BCUT2D eigenvalue weighted by molar-refractivity contribution is 5.84. The standard InChI is InChI=1S/C24H29N3O4/c1-5-9-17(6-2)16-31-24(30)25-19-12-10-18(11-13-19)15-27-22(8-4)20(14-23(28)29)21(7-3)26-27/h5-6,9-13H,1-2,7-8,14-16H2,3-4H3,(H,25,30)(H,28,29)/b17-9+. The molecule has 0 saturated heterocycles. The van der Waals surface area contributed by atoms with Gasteiger partial charge in [-0.2, -0.15) is 5.10 Å². The van der Waals surface area contributed by atoms with Crippen LogP contribution in [-0.4, -0.2) is 33.6 Å². The van der Waals surface area contributed by atoms with Crippen molar-refractivity contribution in [3.63, 3.8) is 0 Å². The van der Waals surface area contributed by atoms with Gasteiger partial charge in [-0.3, -0.25) is 14.8 Å². The molecule has 0 saturated carbocycles. The molecule has 31 heavy (non-hydrogen) atoms. The van der Waals surface area contributed by atoms with Crippen LogP contribution in [-0.2, 0) is 35.3 Å². The zero-order valence-electron chi connectivity index (χ0n) is 18.1. The first kappa shape index (κ1) is 23.7. The lowest BCUT2D eigenvalue weighted by molar-refractivity contribution is -0.136. The molecule has 0 radical (unpaired) electrons. The maximum Gasteiger partial charge on any atom is 0.411 e. The number of hydrogen-bond donors (Lipinski definition) is 2. The number of aromatic nitrogens is 2. The third-order valence-corrected chi connectivity index (χ3v) is 4.74. The van der Waals surface area contributed by atoms with Gasteiger partial charge >= 0.3 is 12.1 Å². The maximum absolute atomic E-state index is 12.0. The first-order chi connectivity index (χ1) is 14.9. The van der Waals surface area contributed by atoms with Gasteiger partial charge in [-0.1, -0.05) is 57.4 Å². The Morgan fingerprint density at radius 1 is 1.19 bits per heavy atom. The fourth-order valence-electron chi connectivity index (χ4n) is 3.25. The molecule has 0 unspecified atom stereocenters. The van der Waals surface area contributed by atoms with Gasteiger partial charge in [0.05, 0.1) is 18.7 Å². The van der Waals surface area contributed by atoms with Crippen LogP contribution >= 0.6 is 0 Å². The molecule has 0 aliphatic carbocycles. The summed E-state index contributed by atoms with van der Waals surface area (Å²) in [6.45, 7) is 11.9. The molecule has 1 heterocycles. The molecule has 0 spiro atoms. The SMILES string of the molecule is C=C/C=C(\C=C)COC(=O)Nc1ccc(Cn2nc(CC)c(CC(=O)O)c2CC)cc1. The quantitative estimate of drug-likeness (QED) is 0.518. The van der Waals surface area contributed by atoms with Gasteiger partial charge in [0.1, 0.15) is 6.61 Å². The van der Waals surface area contributed by atoms with Crippen LogP contribution in [0.4, 0.5) is 10.5 Å². The number of carboxylic acids is 1. The zero-order valence-corrected chi connectivity index (χ0v) is 18.1. The number of aliphatic carboxylic acids is 1. The normalized spacial score (nSPS) is 11.1. The van der Waals surface area contributed by atoms with Crippen molar-refractivity contribution in [2.24, 2.45) is 0 Å². The number of ether oxygens (including phenoxy) is 1. The minimum atomic E-state index is -0.855. The molecule has 0 aliphatic rings. The number of nitrogens with one attached hydrogen (secondary N) is 1. The van der Waals surface area contributed by atoms with E-state index in [2.05, 4.69) is 23.6 Å². The van der Waals surface area contributed by atoms with Gasteiger partial charge in [0.2, 0.25) is 0 Å². The molecule has 7 heteroatoms. The molecule has 0 fully saturated rings. The molecule has 1 aromatic carbocycles. The van der Waals surface area contributed by atoms with Crippen LogP contribution in [0.5, 0.6) is 0 Å². The summed E-state index contributed by atoms with van der Waals surface area (Å²) < 4.78 is 7.04. The summed E-state index contributed by atoms with van der Waals surface area (Å²) >= 11 is 0. The Morgan fingerprint density at radius 2 is 1.90 bits per heavy atom. The van der Waals surface area contributed by atoms with E-state index in [4.69, 9.17) is 4.74 Å². The van der Waals surface area contributed by atoms with Crippen LogP contribution < -0.4 is 5.32 Å². The average Bonchev–Trinajstić information content (AvgIpc) is 3.07. The highest BCUT2D eigenvalue weighted by atomic mass is 16.5. The number of carbonyl (C=O) groups is 2. The summed E-state index contributed by atoms with van der Waals surface area (Å²) in [6, 6.07) is 7.37. The number of carboxylic acid groups (broad SMARTS) is 1. The van der Waals surface area contributed by atoms with Crippen molar-refractivity contribution < 1.29 is 19.4 Å². The summed E-state index contributed by atoms with van der Waals surface area (Å²) in [5, 5.41) is 16.5. The number of rotatable bonds is 11. The first-order valence-electron chi connectivity index (χ1n) is 10.2. The van der Waals surface area contributed by atoms with E-state index in [0.717, 1.165) is 28.1 Å². The van der Waals surface area contributed by atoms with Gasteiger partial charge in [-0.25, -0.2) is 4.79 Å². The van der Waals surface area contributed by atoms with E-state index in [1.165, 1.54) is 0 Å². The van der Waals surface area contributed by atoms with Crippen LogP contribution in [0.15, 0.2) is 61.2 Å². The third-order valence-electron chi connectivity index (χ3n) is 4.74. The second kappa shape index (κ2) is 11.5. The fraction of sp³-hybridized carbons (Fsp3) is 0.292. The molecule has 2 rings (SSSR count). The molecule has 2 N–H and O–H groups in total. The predicted octanol–water partition coefficient (Wildman–Crippen LogP) is 4.53. The Bertz CT molecular complexity index is 971. The smallest absolute Gasteiger partial charge is 0.411 e. The Morgan fingerprint density at radius 3 is 2.45 bits per heavy atom. The summed E-state index contributed by atoms with van der Waals surface area (Å²) in [6.07, 6.45) is 5.74. The number of amides is 1. The number of carbonyl (C=O) groups excluding carboxylic acids is 1. The molecular formula is C24H29N3O4. The molecule has 0 aliphatic heterocycles. The van der Waals surface area contributed by atoms with Crippen molar-refractivity contribution >= 4 is 17.7 Å². The van der Waals surface area contributed by atoms with Gasteiger partial charge in [-0.05, 0) is 36.1 Å². The van der Waals surface area contributed by atoms with Crippen LogP contribution in [0, 0.1) is 0 Å². The van der Waals surface area contributed by atoms with Gasteiger partial charge in [-0.15, -0.1) is 0 Å². The van der Waals surface area contributed by atoms with Crippen molar-refractivity contribution in [1.29, 1.82) is 0 Å². The molecule has 1 amide bonds. The molecule has 164 valence electrons. The van der Waals surface area contributed by atoms with Gasteiger partial charge < -0.3 is 9.84 Å². The van der Waals surface area contributed by atoms with Crippen molar-refractivity contribution in [2.45, 2.75) is 39.7 Å². The Kier molecular flexibility index (Phi) is 8.81. The topological polar surface area (TPSA) is 93.5 Å². The third kappa shape index (κ3) is 6.70. The number of aryl methyl sites for hydroxylation is 1. The van der Waals surface area contributed by atoms with Crippen LogP contribution in [0.25, 0.3) is 0 Å². The lowest BCUT2D eigenvalue weighted by Crippen LogP contribution is -2.15. The van der Waals surface area contributed by atoms with E-state index < -0.39 is 12.1 Å². The second-order valence-corrected chi connectivity index (χ2v) is 6.89. The van der Waals surface area contributed by atoms with Crippen LogP contribution in [0.3, 0.4) is 0 Å². The van der Waals surface area contributed by atoms with E-state index in [-0.39, 0.29) is 13.0 Å². The van der Waals surface area contributed by atoms with Crippen molar-refractivity contribution in [1.82, 2.24) is 9.78 Å². The van der Waals surface area contributed by atoms with Crippen molar-refractivity contribution in [2.75, 3.05) is 11.9 Å². The summed E-state index contributed by atoms with van der Waals surface area (Å²) in [5.41, 5.74) is 4.92. The monoisotopic (exact) mass is 423 g/mol. The average molecular weight is 424 g/mol. The summed E-state index contributed by atoms with van der Waals surface area (Å²) in [5.74, 6) is -0.855. The molecule has 0 atom stereocenters. The largest absolute Gasteiger partial charge is 0.481 e. The molecular weight excluding hydrogens is 394 g/mol. The minimum absolute atomic E-state index is 0.0210. The Labute approximate surface area is 182 Å². The Hall–Kier alpha value is -3.61. The highest BCUT2D eigenvalue weighted by Gasteiger charge is 2.18. The molecule has 7 nitrogen and oxygen atoms in total. The van der Waals surface area contributed by atoms with Crippen LogP contribution in [0.1, 0.15) is 36.4 Å². The number of nitrogens with zero attached hydrogens (tertiary/aromatic N) is 2. The number of hydrogen-bond acceptors (Lipinski definition) is 4. The van der Waals surface area contributed by atoms with Gasteiger partial charge in [0.15, 0.2) is 0 Å². The minimum Gasteiger partial charge on any atom is -0.481 e.